The van der Waals surface area contributed by atoms with Crippen molar-refractivity contribution in [1.82, 2.24) is 5.32 Å². The molecule has 1 nitrogen and oxygen atoms in total. The summed E-state index contributed by atoms with van der Waals surface area (Å²) in [6.45, 7) is 4.37. The van der Waals surface area contributed by atoms with Gasteiger partial charge in [0, 0.05) is 17.1 Å². The molecule has 0 aromatic heterocycles. The Morgan fingerprint density at radius 3 is 2.62 bits per heavy atom. The molecule has 1 unspecified atom stereocenters. The first-order valence-electron chi connectivity index (χ1n) is 6.20. The Labute approximate surface area is 97.1 Å². The lowest BCUT2D eigenvalue weighted by atomic mass is 10.0. The summed E-state index contributed by atoms with van der Waals surface area (Å²) >= 11 is 0. The normalized spacial score (nSPS) is 19.4. The summed E-state index contributed by atoms with van der Waals surface area (Å²) in [5.74, 6) is -0.0730. The Bertz CT molecular complexity index is 358. The van der Waals surface area contributed by atoms with Gasteiger partial charge in [0.15, 0.2) is 0 Å². The topological polar surface area (TPSA) is 12.0 Å². The number of rotatable bonds is 5. The molecule has 1 aliphatic carbocycles. The zero-order chi connectivity index (χ0) is 11.6. The Balaban J connectivity index is 2.11. The third kappa shape index (κ3) is 2.27. The SMILES string of the molecule is CCCC(C)NC1(c2ccccc2F)CC1. The van der Waals surface area contributed by atoms with E-state index in [1.165, 1.54) is 6.42 Å². The molecule has 1 atom stereocenters. The summed E-state index contributed by atoms with van der Waals surface area (Å²) < 4.78 is 13.7. The van der Waals surface area contributed by atoms with E-state index in [0.29, 0.717) is 6.04 Å². The van der Waals surface area contributed by atoms with Gasteiger partial charge in [-0.15, -0.1) is 0 Å². The minimum absolute atomic E-state index is 0.0695. The molecule has 88 valence electrons. The highest BCUT2D eigenvalue weighted by Gasteiger charge is 2.46. The average Bonchev–Trinajstić information content (AvgIpc) is 2.99. The van der Waals surface area contributed by atoms with Gasteiger partial charge in [0.2, 0.25) is 0 Å². The number of hydrogen-bond donors (Lipinski definition) is 1. The molecule has 0 radical (unpaired) electrons. The minimum Gasteiger partial charge on any atom is -0.305 e. The monoisotopic (exact) mass is 221 g/mol. The third-order valence-corrected chi connectivity index (χ3v) is 3.38. The van der Waals surface area contributed by atoms with Gasteiger partial charge in [-0.2, -0.15) is 0 Å². The van der Waals surface area contributed by atoms with E-state index in [9.17, 15) is 4.39 Å². The molecule has 1 saturated carbocycles. The van der Waals surface area contributed by atoms with E-state index in [2.05, 4.69) is 19.2 Å². The molecule has 0 heterocycles. The number of nitrogens with one attached hydrogen (secondary N) is 1. The fraction of sp³-hybridized carbons (Fsp3) is 0.571. The summed E-state index contributed by atoms with van der Waals surface area (Å²) in [6.07, 6.45) is 4.43. The largest absolute Gasteiger partial charge is 0.305 e. The molecule has 16 heavy (non-hydrogen) atoms. The average molecular weight is 221 g/mol. The van der Waals surface area contributed by atoms with Gasteiger partial charge in [-0.3, -0.25) is 0 Å². The zero-order valence-electron chi connectivity index (χ0n) is 10.1. The highest BCUT2D eigenvalue weighted by atomic mass is 19.1. The van der Waals surface area contributed by atoms with Crippen LogP contribution in [0.4, 0.5) is 4.39 Å². The van der Waals surface area contributed by atoms with E-state index >= 15 is 0 Å². The van der Waals surface area contributed by atoms with E-state index in [4.69, 9.17) is 0 Å². The molecule has 0 bridgehead atoms. The van der Waals surface area contributed by atoms with Crippen molar-refractivity contribution in [2.24, 2.45) is 0 Å². The standard InChI is InChI=1S/C14H20FN/c1-3-6-11(2)16-14(9-10-14)12-7-4-5-8-13(12)15/h4-5,7-8,11,16H,3,6,9-10H2,1-2H3. The second kappa shape index (κ2) is 4.54. The van der Waals surface area contributed by atoms with Gasteiger partial charge in [0.05, 0.1) is 0 Å². The molecular weight excluding hydrogens is 201 g/mol. The molecule has 1 aliphatic rings. The van der Waals surface area contributed by atoms with Crippen LogP contribution in [0.5, 0.6) is 0 Å². The van der Waals surface area contributed by atoms with Crippen LogP contribution in [0.15, 0.2) is 24.3 Å². The predicted octanol–water partition coefficient (Wildman–Crippen LogP) is 3.59. The molecular formula is C14H20FN. The van der Waals surface area contributed by atoms with Crippen LogP contribution in [0, 0.1) is 5.82 Å². The molecule has 1 N–H and O–H groups in total. The fourth-order valence-corrected chi connectivity index (χ4v) is 2.44. The van der Waals surface area contributed by atoms with Crippen molar-refractivity contribution in [3.05, 3.63) is 35.6 Å². The molecule has 1 aromatic rings. The lowest BCUT2D eigenvalue weighted by Gasteiger charge is -2.23. The number of benzene rings is 1. The van der Waals surface area contributed by atoms with Gasteiger partial charge in [-0.25, -0.2) is 4.39 Å². The number of hydrogen-bond acceptors (Lipinski definition) is 1. The second-order valence-corrected chi connectivity index (χ2v) is 4.90. The first-order chi connectivity index (χ1) is 7.68. The predicted molar refractivity (Wildman–Crippen MR) is 64.8 cm³/mol. The van der Waals surface area contributed by atoms with Crippen molar-refractivity contribution in [2.45, 2.75) is 51.1 Å². The van der Waals surface area contributed by atoms with Crippen LogP contribution >= 0.6 is 0 Å². The third-order valence-electron chi connectivity index (χ3n) is 3.38. The van der Waals surface area contributed by atoms with Crippen LogP contribution in [-0.2, 0) is 5.54 Å². The zero-order valence-corrected chi connectivity index (χ0v) is 10.1. The maximum Gasteiger partial charge on any atom is 0.128 e. The van der Waals surface area contributed by atoms with Crippen molar-refractivity contribution in [1.29, 1.82) is 0 Å². The van der Waals surface area contributed by atoms with Crippen molar-refractivity contribution in [3.8, 4) is 0 Å². The van der Waals surface area contributed by atoms with E-state index in [-0.39, 0.29) is 11.4 Å². The lowest BCUT2D eigenvalue weighted by Crippen LogP contribution is -2.37. The van der Waals surface area contributed by atoms with E-state index in [0.717, 1.165) is 24.8 Å². The molecule has 0 saturated heterocycles. The van der Waals surface area contributed by atoms with Crippen LogP contribution in [0.1, 0.15) is 45.1 Å². The molecule has 0 amide bonds. The molecule has 2 heteroatoms. The Kier molecular flexibility index (Phi) is 3.29. The fourth-order valence-electron chi connectivity index (χ4n) is 2.44. The van der Waals surface area contributed by atoms with E-state index in [1.807, 2.05) is 12.1 Å². The summed E-state index contributed by atoms with van der Waals surface area (Å²) in [6, 6.07) is 7.61. The molecule has 1 aromatic carbocycles. The quantitative estimate of drug-likeness (QED) is 0.801. The van der Waals surface area contributed by atoms with Crippen LogP contribution in [0.25, 0.3) is 0 Å². The van der Waals surface area contributed by atoms with Crippen molar-refractivity contribution in [2.75, 3.05) is 0 Å². The maximum absolute atomic E-state index is 13.7. The van der Waals surface area contributed by atoms with Crippen LogP contribution < -0.4 is 5.32 Å². The van der Waals surface area contributed by atoms with Crippen molar-refractivity contribution < 1.29 is 4.39 Å². The smallest absolute Gasteiger partial charge is 0.128 e. The van der Waals surface area contributed by atoms with Gasteiger partial charge < -0.3 is 5.32 Å². The van der Waals surface area contributed by atoms with Crippen molar-refractivity contribution >= 4 is 0 Å². The van der Waals surface area contributed by atoms with Crippen molar-refractivity contribution in [3.63, 3.8) is 0 Å². The molecule has 0 spiro atoms. The summed E-state index contributed by atoms with van der Waals surface area (Å²) in [4.78, 5) is 0. The van der Waals surface area contributed by atoms with E-state index < -0.39 is 0 Å². The maximum atomic E-state index is 13.7. The summed E-state index contributed by atoms with van der Waals surface area (Å²) in [5, 5.41) is 3.59. The van der Waals surface area contributed by atoms with Gasteiger partial charge in [0.1, 0.15) is 5.82 Å². The Morgan fingerprint density at radius 1 is 1.38 bits per heavy atom. The van der Waals surface area contributed by atoms with Crippen LogP contribution in [0.2, 0.25) is 0 Å². The minimum atomic E-state index is -0.0730. The lowest BCUT2D eigenvalue weighted by molar-refractivity contribution is 0.406. The summed E-state index contributed by atoms with van der Waals surface area (Å²) in [7, 11) is 0. The highest BCUT2D eigenvalue weighted by Crippen LogP contribution is 2.46. The van der Waals surface area contributed by atoms with Gasteiger partial charge >= 0.3 is 0 Å². The summed E-state index contributed by atoms with van der Waals surface area (Å²) in [5.41, 5.74) is 0.776. The first kappa shape index (κ1) is 11.6. The van der Waals surface area contributed by atoms with E-state index in [1.54, 1.807) is 12.1 Å². The van der Waals surface area contributed by atoms with Crippen LogP contribution in [0.3, 0.4) is 0 Å². The number of halogens is 1. The van der Waals surface area contributed by atoms with Gasteiger partial charge in [-0.05, 0) is 32.3 Å². The molecule has 2 rings (SSSR count). The highest BCUT2D eigenvalue weighted by molar-refractivity contribution is 5.31. The Hall–Kier alpha value is -0.890. The molecule has 0 aliphatic heterocycles. The molecule has 1 fully saturated rings. The first-order valence-corrected chi connectivity index (χ1v) is 6.20. The Morgan fingerprint density at radius 2 is 2.06 bits per heavy atom. The van der Waals surface area contributed by atoms with Gasteiger partial charge in [-0.1, -0.05) is 31.5 Å². The second-order valence-electron chi connectivity index (χ2n) is 4.90. The van der Waals surface area contributed by atoms with Gasteiger partial charge in [0.25, 0.3) is 0 Å². The van der Waals surface area contributed by atoms with Crippen LogP contribution in [-0.4, -0.2) is 6.04 Å².